The van der Waals surface area contributed by atoms with Gasteiger partial charge in [0, 0.05) is 18.8 Å². The molecule has 0 aromatic heterocycles. The molecular weight excluding hydrogens is 247 g/mol. The SMILES string of the molecule is CC1(C)CNC(CO)C(=O)N(c2ccc(F)cc2)C1. The van der Waals surface area contributed by atoms with Crippen LogP contribution in [-0.4, -0.2) is 36.8 Å². The highest BCUT2D eigenvalue weighted by Crippen LogP contribution is 2.25. The number of anilines is 1. The zero-order valence-electron chi connectivity index (χ0n) is 11.2. The molecule has 1 heterocycles. The van der Waals surface area contributed by atoms with E-state index in [2.05, 4.69) is 5.32 Å². The van der Waals surface area contributed by atoms with Gasteiger partial charge in [0.15, 0.2) is 0 Å². The van der Waals surface area contributed by atoms with Gasteiger partial charge in [-0.25, -0.2) is 4.39 Å². The molecule has 4 nitrogen and oxygen atoms in total. The van der Waals surface area contributed by atoms with Crippen LogP contribution in [-0.2, 0) is 4.79 Å². The highest BCUT2D eigenvalue weighted by Gasteiger charge is 2.34. The van der Waals surface area contributed by atoms with Crippen LogP contribution in [0.2, 0.25) is 0 Å². The number of aliphatic hydroxyl groups excluding tert-OH is 1. The van der Waals surface area contributed by atoms with Crippen molar-refractivity contribution in [1.82, 2.24) is 5.32 Å². The summed E-state index contributed by atoms with van der Waals surface area (Å²) in [5.74, 6) is -0.512. The topological polar surface area (TPSA) is 52.6 Å². The van der Waals surface area contributed by atoms with E-state index in [-0.39, 0.29) is 23.7 Å². The number of aliphatic hydroxyl groups is 1. The second-order valence-corrected chi connectivity index (χ2v) is 5.68. The molecule has 0 bridgehead atoms. The fourth-order valence-corrected chi connectivity index (χ4v) is 2.22. The van der Waals surface area contributed by atoms with Crippen molar-refractivity contribution >= 4 is 11.6 Å². The van der Waals surface area contributed by atoms with E-state index in [4.69, 9.17) is 0 Å². The Bertz CT molecular complexity index is 459. The van der Waals surface area contributed by atoms with Gasteiger partial charge in [0.1, 0.15) is 11.9 Å². The van der Waals surface area contributed by atoms with Crippen molar-refractivity contribution < 1.29 is 14.3 Å². The van der Waals surface area contributed by atoms with Crippen LogP contribution in [0.1, 0.15) is 13.8 Å². The van der Waals surface area contributed by atoms with E-state index in [1.165, 1.54) is 12.1 Å². The molecule has 0 spiro atoms. The first-order chi connectivity index (χ1) is 8.93. The molecule has 1 aromatic carbocycles. The van der Waals surface area contributed by atoms with Gasteiger partial charge in [0.25, 0.3) is 0 Å². The van der Waals surface area contributed by atoms with Crippen molar-refractivity contribution in [3.63, 3.8) is 0 Å². The van der Waals surface area contributed by atoms with Crippen molar-refractivity contribution in [3.05, 3.63) is 30.1 Å². The van der Waals surface area contributed by atoms with Crippen LogP contribution in [0.3, 0.4) is 0 Å². The Balaban J connectivity index is 2.33. The van der Waals surface area contributed by atoms with Crippen molar-refractivity contribution in [2.75, 3.05) is 24.6 Å². The molecule has 1 unspecified atom stereocenters. The van der Waals surface area contributed by atoms with E-state index in [0.717, 1.165) is 0 Å². The highest BCUT2D eigenvalue weighted by molar-refractivity contribution is 5.97. The highest BCUT2D eigenvalue weighted by atomic mass is 19.1. The minimum absolute atomic E-state index is 0.117. The van der Waals surface area contributed by atoms with Crippen LogP contribution in [0.15, 0.2) is 24.3 Å². The second kappa shape index (κ2) is 5.27. The van der Waals surface area contributed by atoms with Crippen LogP contribution in [0, 0.1) is 11.2 Å². The van der Waals surface area contributed by atoms with Gasteiger partial charge in [-0.3, -0.25) is 4.79 Å². The third kappa shape index (κ3) is 3.11. The lowest BCUT2D eigenvalue weighted by Crippen LogP contribution is -2.46. The van der Waals surface area contributed by atoms with Crippen molar-refractivity contribution in [2.45, 2.75) is 19.9 Å². The number of rotatable bonds is 2. The summed E-state index contributed by atoms with van der Waals surface area (Å²) >= 11 is 0. The lowest BCUT2D eigenvalue weighted by atomic mass is 9.93. The smallest absolute Gasteiger partial charge is 0.246 e. The maximum Gasteiger partial charge on any atom is 0.246 e. The summed E-state index contributed by atoms with van der Waals surface area (Å²) in [6.45, 7) is 5.02. The third-order valence-electron chi connectivity index (χ3n) is 3.30. The zero-order valence-corrected chi connectivity index (χ0v) is 11.2. The molecule has 1 atom stereocenters. The number of hydrogen-bond donors (Lipinski definition) is 2. The minimum Gasteiger partial charge on any atom is -0.394 e. The first kappa shape index (κ1) is 14.0. The zero-order chi connectivity index (χ0) is 14.0. The average Bonchev–Trinajstić information content (AvgIpc) is 2.48. The Morgan fingerprint density at radius 3 is 2.63 bits per heavy atom. The summed E-state index contributed by atoms with van der Waals surface area (Å²) < 4.78 is 13.0. The quantitative estimate of drug-likeness (QED) is 0.844. The first-order valence-electron chi connectivity index (χ1n) is 6.34. The number of nitrogens with zero attached hydrogens (tertiary/aromatic N) is 1. The maximum absolute atomic E-state index is 13.0. The Morgan fingerprint density at radius 2 is 2.05 bits per heavy atom. The molecule has 0 radical (unpaired) electrons. The van der Waals surface area contributed by atoms with Gasteiger partial charge in [-0.05, 0) is 29.7 Å². The number of halogens is 1. The van der Waals surface area contributed by atoms with Crippen LogP contribution in [0.25, 0.3) is 0 Å². The van der Waals surface area contributed by atoms with E-state index in [0.29, 0.717) is 18.8 Å². The van der Waals surface area contributed by atoms with Gasteiger partial charge in [0.05, 0.1) is 6.61 Å². The maximum atomic E-state index is 13.0. The van der Waals surface area contributed by atoms with Crippen molar-refractivity contribution in [3.8, 4) is 0 Å². The molecule has 1 amide bonds. The van der Waals surface area contributed by atoms with Crippen molar-refractivity contribution in [2.24, 2.45) is 5.41 Å². The standard InChI is InChI=1S/C14H19FN2O2/c1-14(2)8-16-12(7-18)13(19)17(9-14)11-5-3-10(15)4-6-11/h3-6,12,16,18H,7-9H2,1-2H3. The summed E-state index contributed by atoms with van der Waals surface area (Å²) in [6.07, 6.45) is 0. The molecule has 1 aliphatic heterocycles. The lowest BCUT2D eigenvalue weighted by Gasteiger charge is -2.29. The normalized spacial score (nSPS) is 23.3. The number of carbonyl (C=O) groups is 1. The Labute approximate surface area is 112 Å². The summed E-state index contributed by atoms with van der Waals surface area (Å²) in [5, 5.41) is 12.4. The minimum atomic E-state index is -0.605. The van der Waals surface area contributed by atoms with Crippen LogP contribution >= 0.6 is 0 Å². The van der Waals surface area contributed by atoms with E-state index >= 15 is 0 Å². The molecular formula is C14H19FN2O2. The number of hydrogen-bond acceptors (Lipinski definition) is 3. The fourth-order valence-electron chi connectivity index (χ4n) is 2.22. The molecule has 0 aliphatic carbocycles. The molecule has 1 aromatic rings. The van der Waals surface area contributed by atoms with E-state index in [1.54, 1.807) is 17.0 Å². The third-order valence-corrected chi connectivity index (χ3v) is 3.30. The lowest BCUT2D eigenvalue weighted by molar-refractivity contribution is -0.121. The fraction of sp³-hybridized carbons (Fsp3) is 0.500. The monoisotopic (exact) mass is 266 g/mol. The second-order valence-electron chi connectivity index (χ2n) is 5.68. The number of amides is 1. The number of nitrogens with one attached hydrogen (secondary N) is 1. The van der Waals surface area contributed by atoms with Gasteiger partial charge < -0.3 is 15.3 Å². The van der Waals surface area contributed by atoms with Crippen LogP contribution in [0.5, 0.6) is 0 Å². The van der Waals surface area contributed by atoms with E-state index in [1.807, 2.05) is 13.8 Å². The van der Waals surface area contributed by atoms with Gasteiger partial charge >= 0.3 is 0 Å². The number of benzene rings is 1. The van der Waals surface area contributed by atoms with Gasteiger partial charge in [-0.2, -0.15) is 0 Å². The predicted octanol–water partition coefficient (Wildman–Crippen LogP) is 1.15. The average molecular weight is 266 g/mol. The Kier molecular flexibility index (Phi) is 3.87. The molecule has 1 fully saturated rings. The Hall–Kier alpha value is -1.46. The molecule has 104 valence electrons. The first-order valence-corrected chi connectivity index (χ1v) is 6.34. The molecule has 1 saturated heterocycles. The molecule has 1 aliphatic rings. The number of carbonyl (C=O) groups excluding carboxylic acids is 1. The van der Waals surface area contributed by atoms with E-state index < -0.39 is 6.04 Å². The van der Waals surface area contributed by atoms with Gasteiger partial charge in [0.2, 0.25) is 5.91 Å². The molecule has 2 N–H and O–H groups in total. The summed E-state index contributed by atoms with van der Waals surface area (Å²) in [5.41, 5.74) is 0.537. The largest absolute Gasteiger partial charge is 0.394 e. The van der Waals surface area contributed by atoms with Gasteiger partial charge in [-0.1, -0.05) is 13.8 Å². The predicted molar refractivity (Wildman–Crippen MR) is 71.4 cm³/mol. The van der Waals surface area contributed by atoms with E-state index in [9.17, 15) is 14.3 Å². The van der Waals surface area contributed by atoms with Gasteiger partial charge in [-0.15, -0.1) is 0 Å². The Morgan fingerprint density at radius 1 is 1.42 bits per heavy atom. The summed E-state index contributed by atoms with van der Waals surface area (Å²) in [4.78, 5) is 14.0. The molecule has 5 heteroatoms. The van der Waals surface area contributed by atoms with Crippen molar-refractivity contribution in [1.29, 1.82) is 0 Å². The molecule has 0 saturated carbocycles. The summed E-state index contributed by atoms with van der Waals surface area (Å²) in [6, 6.07) is 5.24. The summed E-state index contributed by atoms with van der Waals surface area (Å²) in [7, 11) is 0. The molecule has 2 rings (SSSR count). The van der Waals surface area contributed by atoms with Crippen LogP contribution < -0.4 is 10.2 Å². The molecule has 19 heavy (non-hydrogen) atoms. The van der Waals surface area contributed by atoms with Crippen LogP contribution in [0.4, 0.5) is 10.1 Å².